The Morgan fingerprint density at radius 2 is 2.10 bits per heavy atom. The largest absolute Gasteiger partial charge is 0.497 e. The fourth-order valence-electron chi connectivity index (χ4n) is 3.41. The minimum Gasteiger partial charge on any atom is -0.497 e. The van der Waals surface area contributed by atoms with Crippen molar-refractivity contribution in [1.82, 2.24) is 15.1 Å². The van der Waals surface area contributed by atoms with Crippen molar-refractivity contribution in [1.29, 1.82) is 0 Å². The van der Waals surface area contributed by atoms with Gasteiger partial charge in [0, 0.05) is 17.4 Å². The van der Waals surface area contributed by atoms with Crippen LogP contribution in [0, 0.1) is 0 Å². The van der Waals surface area contributed by atoms with Crippen molar-refractivity contribution in [2.45, 2.75) is 31.2 Å². The van der Waals surface area contributed by atoms with Crippen LogP contribution in [-0.4, -0.2) is 29.0 Å². The quantitative estimate of drug-likeness (QED) is 0.616. The van der Waals surface area contributed by atoms with E-state index in [4.69, 9.17) is 4.74 Å². The van der Waals surface area contributed by atoms with Crippen LogP contribution in [0.15, 0.2) is 47.8 Å². The molecule has 1 aliphatic heterocycles. The molecule has 3 aromatic rings. The fourth-order valence-corrected chi connectivity index (χ4v) is 4.05. The summed E-state index contributed by atoms with van der Waals surface area (Å²) in [7, 11) is 1.52. The van der Waals surface area contributed by atoms with Crippen LogP contribution in [0.1, 0.15) is 39.4 Å². The number of hydrogen-bond acceptors (Lipinski definition) is 5. The van der Waals surface area contributed by atoms with Gasteiger partial charge in [-0.25, -0.2) is 4.68 Å². The molecule has 0 saturated carbocycles. The molecule has 2 aromatic heterocycles. The van der Waals surface area contributed by atoms with E-state index in [1.54, 1.807) is 24.3 Å². The number of nitrogens with one attached hydrogen (secondary N) is 2. The summed E-state index contributed by atoms with van der Waals surface area (Å²) in [4.78, 5) is 13.4. The van der Waals surface area contributed by atoms with E-state index in [1.807, 2.05) is 17.5 Å². The molecular formula is C20H19F3N4O2S. The first kappa shape index (κ1) is 20.3. The SMILES string of the molecule is COc1ccc([C@H]2C[C@@H](C(F)(F)F)n3nc(C(=O)NCc4cccs4)cc3N2)cc1. The standard InChI is InChI=1S/C20H19F3N4O2S/c1-29-13-6-4-12(5-7-13)15-9-17(20(21,22)23)27-18(25-15)10-16(26-27)19(28)24-11-14-3-2-8-30-14/h2-8,10,15,17,25H,9,11H2,1H3,(H,24,28)/t15-,17+/m1/s1. The lowest BCUT2D eigenvalue weighted by Crippen LogP contribution is -2.35. The molecule has 1 aliphatic rings. The van der Waals surface area contributed by atoms with E-state index < -0.39 is 24.2 Å². The van der Waals surface area contributed by atoms with E-state index in [0.29, 0.717) is 17.9 Å². The summed E-state index contributed by atoms with van der Waals surface area (Å²) in [5.74, 6) is 0.261. The Morgan fingerprint density at radius 3 is 2.73 bits per heavy atom. The number of anilines is 1. The zero-order valence-corrected chi connectivity index (χ0v) is 16.8. The number of hydrogen-bond donors (Lipinski definition) is 2. The van der Waals surface area contributed by atoms with E-state index in [1.165, 1.54) is 24.5 Å². The van der Waals surface area contributed by atoms with Gasteiger partial charge >= 0.3 is 6.18 Å². The Hall–Kier alpha value is -3.01. The highest BCUT2D eigenvalue weighted by molar-refractivity contribution is 7.09. The molecule has 6 nitrogen and oxygen atoms in total. The number of nitrogens with zero attached hydrogens (tertiary/aromatic N) is 2. The molecule has 10 heteroatoms. The van der Waals surface area contributed by atoms with Crippen molar-refractivity contribution in [3.8, 4) is 5.75 Å². The fraction of sp³-hybridized carbons (Fsp3) is 0.300. The van der Waals surface area contributed by atoms with Gasteiger partial charge in [-0.05, 0) is 29.1 Å². The minimum atomic E-state index is -4.50. The van der Waals surface area contributed by atoms with Gasteiger partial charge in [-0.2, -0.15) is 18.3 Å². The number of rotatable bonds is 5. The molecule has 1 amide bonds. The van der Waals surface area contributed by atoms with Crippen LogP contribution in [0.3, 0.4) is 0 Å². The van der Waals surface area contributed by atoms with Crippen LogP contribution < -0.4 is 15.4 Å². The van der Waals surface area contributed by atoms with Crippen molar-refractivity contribution in [3.05, 3.63) is 64.0 Å². The Bertz CT molecular complexity index is 1020. The first-order chi connectivity index (χ1) is 14.3. The lowest BCUT2D eigenvalue weighted by molar-refractivity contribution is -0.173. The van der Waals surface area contributed by atoms with E-state index in [0.717, 1.165) is 9.56 Å². The molecule has 0 fully saturated rings. The molecular weight excluding hydrogens is 417 g/mol. The Morgan fingerprint density at radius 1 is 1.33 bits per heavy atom. The van der Waals surface area contributed by atoms with Gasteiger partial charge in [0.1, 0.15) is 11.6 Å². The lowest BCUT2D eigenvalue weighted by Gasteiger charge is -2.33. The van der Waals surface area contributed by atoms with E-state index in [9.17, 15) is 18.0 Å². The van der Waals surface area contributed by atoms with E-state index in [2.05, 4.69) is 15.7 Å². The summed E-state index contributed by atoms with van der Waals surface area (Å²) in [5, 5.41) is 11.6. The van der Waals surface area contributed by atoms with Crippen molar-refractivity contribution in [2.24, 2.45) is 0 Å². The van der Waals surface area contributed by atoms with Crippen LogP contribution in [0.2, 0.25) is 0 Å². The average molecular weight is 436 g/mol. The molecule has 0 saturated heterocycles. The van der Waals surface area contributed by atoms with Crippen LogP contribution >= 0.6 is 11.3 Å². The highest BCUT2D eigenvalue weighted by Gasteiger charge is 2.46. The molecule has 0 bridgehead atoms. The molecule has 0 radical (unpaired) electrons. The topological polar surface area (TPSA) is 68.2 Å². The number of ether oxygens (including phenoxy) is 1. The average Bonchev–Trinajstić information content (AvgIpc) is 3.40. The van der Waals surface area contributed by atoms with Gasteiger partial charge in [0.25, 0.3) is 5.91 Å². The second kappa shape index (κ2) is 8.02. The van der Waals surface area contributed by atoms with Gasteiger partial charge in [0.15, 0.2) is 11.7 Å². The molecule has 4 rings (SSSR count). The Kier molecular flexibility index (Phi) is 5.42. The highest BCUT2D eigenvalue weighted by atomic mass is 32.1. The van der Waals surface area contributed by atoms with Gasteiger partial charge in [-0.1, -0.05) is 18.2 Å². The number of carbonyl (C=O) groups excluding carboxylic acids is 1. The van der Waals surface area contributed by atoms with Crippen molar-refractivity contribution < 1.29 is 22.7 Å². The van der Waals surface area contributed by atoms with Crippen molar-refractivity contribution >= 4 is 23.1 Å². The number of aromatic nitrogens is 2. The molecule has 3 heterocycles. The number of carbonyl (C=O) groups is 1. The summed E-state index contributed by atoms with van der Waals surface area (Å²) in [6.45, 7) is 0.295. The van der Waals surface area contributed by atoms with E-state index >= 15 is 0 Å². The van der Waals surface area contributed by atoms with Gasteiger partial charge in [0.05, 0.1) is 19.7 Å². The van der Waals surface area contributed by atoms with Gasteiger partial charge in [0.2, 0.25) is 0 Å². The number of thiophene rings is 1. The van der Waals surface area contributed by atoms with E-state index in [-0.39, 0.29) is 17.9 Å². The summed E-state index contributed by atoms with van der Waals surface area (Å²) in [5.41, 5.74) is 0.639. The molecule has 0 spiro atoms. The molecule has 30 heavy (non-hydrogen) atoms. The van der Waals surface area contributed by atoms with Crippen LogP contribution in [0.25, 0.3) is 0 Å². The maximum atomic E-state index is 13.8. The normalized spacial score (nSPS) is 18.4. The second-order valence-electron chi connectivity index (χ2n) is 6.88. The molecule has 1 aromatic carbocycles. The maximum absolute atomic E-state index is 13.8. The monoisotopic (exact) mass is 436 g/mol. The maximum Gasteiger partial charge on any atom is 0.410 e. The van der Waals surface area contributed by atoms with Crippen molar-refractivity contribution in [2.75, 3.05) is 12.4 Å². The summed E-state index contributed by atoms with van der Waals surface area (Å²) >= 11 is 1.48. The van der Waals surface area contributed by atoms with Crippen LogP contribution in [0.4, 0.5) is 19.0 Å². The molecule has 0 aliphatic carbocycles. The second-order valence-corrected chi connectivity index (χ2v) is 7.92. The number of halogens is 3. The minimum absolute atomic E-state index is 0.0568. The number of alkyl halides is 3. The molecule has 158 valence electrons. The highest BCUT2D eigenvalue weighted by Crippen LogP contribution is 2.43. The third kappa shape index (κ3) is 4.13. The van der Waals surface area contributed by atoms with Crippen molar-refractivity contribution in [3.63, 3.8) is 0 Å². The molecule has 2 N–H and O–H groups in total. The number of benzene rings is 1. The molecule has 0 unspecified atom stereocenters. The predicted molar refractivity (Wildman–Crippen MR) is 107 cm³/mol. The predicted octanol–water partition coefficient (Wildman–Crippen LogP) is 4.54. The molecule has 2 atom stereocenters. The van der Waals surface area contributed by atoms with Gasteiger partial charge < -0.3 is 15.4 Å². The first-order valence-electron chi connectivity index (χ1n) is 9.22. The zero-order valence-electron chi connectivity index (χ0n) is 15.9. The smallest absolute Gasteiger partial charge is 0.410 e. The third-order valence-electron chi connectivity index (χ3n) is 4.94. The lowest BCUT2D eigenvalue weighted by atomic mass is 9.97. The number of fused-ring (bicyclic) bond motifs is 1. The van der Waals surface area contributed by atoms with Crippen LogP contribution in [0.5, 0.6) is 5.75 Å². The third-order valence-corrected chi connectivity index (χ3v) is 5.82. The first-order valence-corrected chi connectivity index (χ1v) is 10.1. The van der Waals surface area contributed by atoms with Crippen LogP contribution in [-0.2, 0) is 6.54 Å². The zero-order chi connectivity index (χ0) is 21.3. The number of methoxy groups -OCH3 is 1. The summed E-state index contributed by atoms with van der Waals surface area (Å²) < 4.78 is 47.3. The van der Waals surface area contributed by atoms with Gasteiger partial charge in [-0.3, -0.25) is 4.79 Å². The number of amides is 1. The Labute approximate surface area is 174 Å². The Balaban J connectivity index is 1.58. The summed E-state index contributed by atoms with van der Waals surface area (Å²) in [6, 6.07) is 9.54. The van der Waals surface area contributed by atoms with Gasteiger partial charge in [-0.15, -0.1) is 11.3 Å². The summed E-state index contributed by atoms with van der Waals surface area (Å²) in [6.07, 6.45) is -4.74.